The van der Waals surface area contributed by atoms with Crippen molar-refractivity contribution in [2.45, 2.75) is 97.3 Å². The SMILES string of the molecule is CC(=O)O.CCCCCCCCCCCCCCc1cc(Cl)ccc1OCl. The molecule has 3 nitrogen and oxygen atoms in total. The first-order chi connectivity index (χ1) is 13.0. The third-order valence-corrected chi connectivity index (χ3v) is 4.81. The van der Waals surface area contributed by atoms with Crippen molar-refractivity contribution in [3.63, 3.8) is 0 Å². The van der Waals surface area contributed by atoms with E-state index >= 15 is 0 Å². The Morgan fingerprint density at radius 2 is 1.37 bits per heavy atom. The van der Waals surface area contributed by atoms with Crippen LogP contribution in [-0.4, -0.2) is 11.1 Å². The molecule has 1 aromatic rings. The second kappa shape index (κ2) is 18.4. The molecule has 0 atom stereocenters. The Morgan fingerprint density at radius 3 is 1.81 bits per heavy atom. The van der Waals surface area contributed by atoms with E-state index in [0.717, 1.165) is 29.7 Å². The lowest BCUT2D eigenvalue weighted by Gasteiger charge is -2.07. The van der Waals surface area contributed by atoms with Gasteiger partial charge in [-0.2, -0.15) is 0 Å². The van der Waals surface area contributed by atoms with Crippen LogP contribution in [0.25, 0.3) is 0 Å². The van der Waals surface area contributed by atoms with Crippen LogP contribution >= 0.6 is 23.5 Å². The Bertz CT molecular complexity index is 488. The number of rotatable bonds is 14. The van der Waals surface area contributed by atoms with Gasteiger partial charge in [-0.15, -0.1) is 0 Å². The highest BCUT2D eigenvalue weighted by atomic mass is 35.5. The number of carboxylic acids is 1. The summed E-state index contributed by atoms with van der Waals surface area (Å²) in [6.45, 7) is 3.36. The van der Waals surface area contributed by atoms with E-state index in [1.54, 1.807) is 0 Å². The third kappa shape index (κ3) is 16.9. The maximum Gasteiger partial charge on any atom is 0.300 e. The van der Waals surface area contributed by atoms with Gasteiger partial charge in [0.1, 0.15) is 17.6 Å². The van der Waals surface area contributed by atoms with Gasteiger partial charge in [0.25, 0.3) is 5.97 Å². The first-order valence-electron chi connectivity index (χ1n) is 10.3. The van der Waals surface area contributed by atoms with Crippen molar-refractivity contribution in [2.75, 3.05) is 0 Å². The summed E-state index contributed by atoms with van der Waals surface area (Å²) in [4.78, 5) is 9.00. The summed E-state index contributed by atoms with van der Waals surface area (Å²) >= 11 is 11.5. The van der Waals surface area contributed by atoms with E-state index in [1.165, 1.54) is 77.0 Å². The lowest BCUT2D eigenvalue weighted by molar-refractivity contribution is -0.134. The fraction of sp³-hybridized carbons (Fsp3) is 0.682. The first-order valence-corrected chi connectivity index (χ1v) is 11.0. The molecule has 0 saturated heterocycles. The average molecular weight is 419 g/mol. The fourth-order valence-corrected chi connectivity index (χ4v) is 3.32. The molecule has 0 aliphatic heterocycles. The second-order valence-corrected chi connectivity index (χ2v) is 7.58. The molecule has 0 aliphatic rings. The zero-order chi connectivity index (χ0) is 20.3. The van der Waals surface area contributed by atoms with Gasteiger partial charge in [-0.3, -0.25) is 4.79 Å². The standard InChI is InChI=1S/C20H32Cl2O.C2H4O2/c1-2-3-4-5-6-7-8-9-10-11-12-13-14-18-17-19(21)15-16-20(18)23-22;1-2(3)4/h15-17H,2-14H2,1H3;1H3,(H,3,4). The molecule has 0 saturated carbocycles. The Morgan fingerprint density at radius 1 is 0.926 bits per heavy atom. The normalized spacial score (nSPS) is 10.2. The van der Waals surface area contributed by atoms with Crippen LogP contribution in [0.1, 0.15) is 96.5 Å². The van der Waals surface area contributed by atoms with Gasteiger partial charge in [0.15, 0.2) is 0 Å². The molecule has 0 radical (unpaired) electrons. The van der Waals surface area contributed by atoms with E-state index in [2.05, 4.69) is 6.92 Å². The van der Waals surface area contributed by atoms with Crippen molar-refractivity contribution in [3.05, 3.63) is 28.8 Å². The number of hydrogen-bond donors (Lipinski definition) is 1. The van der Waals surface area contributed by atoms with E-state index in [-0.39, 0.29) is 0 Å². The maximum atomic E-state index is 9.00. The highest BCUT2D eigenvalue weighted by molar-refractivity contribution is 6.30. The van der Waals surface area contributed by atoms with Gasteiger partial charge in [0, 0.05) is 11.9 Å². The fourth-order valence-electron chi connectivity index (χ4n) is 2.98. The van der Waals surface area contributed by atoms with Gasteiger partial charge in [-0.1, -0.05) is 89.2 Å². The molecule has 0 fully saturated rings. The smallest absolute Gasteiger partial charge is 0.300 e. The van der Waals surface area contributed by atoms with Gasteiger partial charge in [0.05, 0.1) is 0 Å². The zero-order valence-electron chi connectivity index (χ0n) is 16.9. The van der Waals surface area contributed by atoms with Crippen LogP contribution in [0.3, 0.4) is 0 Å². The van der Waals surface area contributed by atoms with E-state index in [4.69, 9.17) is 37.7 Å². The average Bonchev–Trinajstić information content (AvgIpc) is 2.62. The number of benzene rings is 1. The summed E-state index contributed by atoms with van der Waals surface area (Å²) < 4.78 is 4.87. The van der Waals surface area contributed by atoms with Crippen molar-refractivity contribution in [1.29, 1.82) is 0 Å². The van der Waals surface area contributed by atoms with Crippen LogP contribution in [0.4, 0.5) is 0 Å². The van der Waals surface area contributed by atoms with Crippen molar-refractivity contribution in [2.24, 2.45) is 0 Å². The summed E-state index contributed by atoms with van der Waals surface area (Å²) in [5.74, 6) is -0.0980. The Hall–Kier alpha value is -0.930. The van der Waals surface area contributed by atoms with Crippen LogP contribution in [0.5, 0.6) is 5.75 Å². The number of unbranched alkanes of at least 4 members (excludes halogenated alkanes) is 11. The highest BCUT2D eigenvalue weighted by Crippen LogP contribution is 2.25. The number of carbonyl (C=O) groups is 1. The molecule has 0 unspecified atom stereocenters. The second-order valence-electron chi connectivity index (χ2n) is 6.99. The molecule has 1 aromatic carbocycles. The molecule has 0 spiro atoms. The van der Waals surface area contributed by atoms with Crippen molar-refractivity contribution >= 4 is 29.4 Å². The topological polar surface area (TPSA) is 46.5 Å². The van der Waals surface area contributed by atoms with Crippen molar-refractivity contribution in [3.8, 4) is 5.75 Å². The van der Waals surface area contributed by atoms with E-state index in [9.17, 15) is 0 Å². The largest absolute Gasteiger partial charge is 0.481 e. The third-order valence-electron chi connectivity index (χ3n) is 4.41. The van der Waals surface area contributed by atoms with Crippen LogP contribution in [0.2, 0.25) is 5.02 Å². The number of carboxylic acid groups (broad SMARTS) is 1. The lowest BCUT2D eigenvalue weighted by atomic mass is 10.0. The van der Waals surface area contributed by atoms with Crippen LogP contribution in [-0.2, 0) is 11.2 Å². The quantitative estimate of drug-likeness (QED) is 0.309. The van der Waals surface area contributed by atoms with Crippen LogP contribution < -0.4 is 4.29 Å². The number of aryl methyl sites for hydroxylation is 1. The molecule has 156 valence electrons. The van der Waals surface area contributed by atoms with Crippen molar-refractivity contribution in [1.82, 2.24) is 0 Å². The summed E-state index contributed by atoms with van der Waals surface area (Å²) in [7, 11) is 0. The summed E-state index contributed by atoms with van der Waals surface area (Å²) in [6.07, 6.45) is 17.4. The minimum atomic E-state index is -0.833. The van der Waals surface area contributed by atoms with Gasteiger partial charge in [-0.05, 0) is 36.6 Å². The summed E-state index contributed by atoms with van der Waals surface area (Å²) in [6, 6.07) is 5.61. The lowest BCUT2D eigenvalue weighted by Crippen LogP contribution is -1.90. The van der Waals surface area contributed by atoms with E-state index in [0.29, 0.717) is 0 Å². The Balaban J connectivity index is 0.00000153. The molecule has 1 N–H and O–H groups in total. The predicted molar refractivity (Wildman–Crippen MR) is 116 cm³/mol. The minimum Gasteiger partial charge on any atom is -0.481 e. The molecule has 0 amide bonds. The molecule has 0 aromatic heterocycles. The zero-order valence-corrected chi connectivity index (χ0v) is 18.5. The molecule has 0 aliphatic carbocycles. The predicted octanol–water partition coefficient (Wildman–Crippen LogP) is 8.21. The van der Waals surface area contributed by atoms with E-state index < -0.39 is 5.97 Å². The molecule has 5 heteroatoms. The van der Waals surface area contributed by atoms with Crippen LogP contribution in [0.15, 0.2) is 18.2 Å². The highest BCUT2D eigenvalue weighted by Gasteiger charge is 2.04. The summed E-state index contributed by atoms with van der Waals surface area (Å²) in [5.41, 5.74) is 1.11. The van der Waals surface area contributed by atoms with Gasteiger partial charge in [0.2, 0.25) is 0 Å². The molecule has 27 heavy (non-hydrogen) atoms. The number of hydrogen-bond acceptors (Lipinski definition) is 2. The first kappa shape index (κ1) is 26.1. The Kier molecular flexibility index (Phi) is 17.8. The van der Waals surface area contributed by atoms with Crippen LogP contribution in [0, 0.1) is 0 Å². The molecular formula is C22H36Cl2O3. The van der Waals surface area contributed by atoms with Gasteiger partial charge < -0.3 is 9.40 Å². The summed E-state index contributed by atoms with van der Waals surface area (Å²) in [5, 5.41) is 8.16. The van der Waals surface area contributed by atoms with Gasteiger partial charge >= 0.3 is 0 Å². The minimum absolute atomic E-state index is 0.735. The molecule has 0 heterocycles. The number of aliphatic carboxylic acids is 1. The van der Waals surface area contributed by atoms with Gasteiger partial charge in [-0.25, -0.2) is 0 Å². The Labute approximate surface area is 175 Å². The number of halogens is 2. The molecule has 1 rings (SSSR count). The molecular weight excluding hydrogens is 383 g/mol. The van der Waals surface area contributed by atoms with E-state index in [1.807, 2.05) is 18.2 Å². The molecule has 0 bridgehead atoms. The maximum absolute atomic E-state index is 9.00. The monoisotopic (exact) mass is 418 g/mol. The van der Waals surface area contributed by atoms with Crippen molar-refractivity contribution < 1.29 is 14.2 Å².